The van der Waals surface area contributed by atoms with Crippen molar-refractivity contribution in [3.8, 4) is 0 Å². The number of nitrogens with zero attached hydrogens (tertiary/aromatic N) is 3. The van der Waals surface area contributed by atoms with Crippen molar-refractivity contribution in [1.82, 2.24) is 14.5 Å². The van der Waals surface area contributed by atoms with Gasteiger partial charge in [-0.1, -0.05) is 35.9 Å². The van der Waals surface area contributed by atoms with Gasteiger partial charge in [-0.3, -0.25) is 4.79 Å². The monoisotopic (exact) mass is 339 g/mol. The Morgan fingerprint density at radius 3 is 2.62 bits per heavy atom. The minimum Gasteiger partial charge on any atom is -0.345 e. The molecule has 2 heterocycles. The first kappa shape index (κ1) is 15.2. The van der Waals surface area contributed by atoms with E-state index in [9.17, 15) is 4.79 Å². The number of imidazole rings is 1. The third kappa shape index (κ3) is 2.67. The number of likely N-dealkylation sites (tertiary alicyclic amines) is 1. The highest BCUT2D eigenvalue weighted by atomic mass is 35.5. The minimum absolute atomic E-state index is 0.141. The molecule has 1 aromatic heterocycles. The molecular formula is C19H18ClN3O. The minimum atomic E-state index is 0.141. The Morgan fingerprint density at radius 1 is 1.17 bits per heavy atom. The van der Waals surface area contributed by atoms with E-state index in [-0.39, 0.29) is 11.8 Å². The summed E-state index contributed by atoms with van der Waals surface area (Å²) in [7, 11) is 1.86. The standard InChI is InChI=1S/C19H18ClN3O/c1-22-12-14(10-18(22)24)19-21-16-4-2-3-5-17(16)23(19)11-13-6-8-15(20)9-7-13/h2-9,14H,10-12H2,1H3/t14-/m0/s1. The van der Waals surface area contributed by atoms with Gasteiger partial charge in [-0.15, -0.1) is 0 Å². The molecular weight excluding hydrogens is 322 g/mol. The van der Waals surface area contributed by atoms with Crippen LogP contribution in [0.2, 0.25) is 5.02 Å². The molecule has 1 aliphatic heterocycles. The van der Waals surface area contributed by atoms with Crippen molar-refractivity contribution in [1.29, 1.82) is 0 Å². The van der Waals surface area contributed by atoms with E-state index in [4.69, 9.17) is 16.6 Å². The average Bonchev–Trinajstić information content (AvgIpc) is 3.11. The molecule has 4 nitrogen and oxygen atoms in total. The maximum Gasteiger partial charge on any atom is 0.223 e. The van der Waals surface area contributed by atoms with Crippen LogP contribution >= 0.6 is 11.6 Å². The fourth-order valence-electron chi connectivity index (χ4n) is 3.38. The normalized spacial score (nSPS) is 17.8. The Kier molecular flexibility index (Phi) is 3.77. The Balaban J connectivity index is 1.78. The molecule has 1 aliphatic rings. The van der Waals surface area contributed by atoms with Gasteiger partial charge in [0.25, 0.3) is 0 Å². The summed E-state index contributed by atoms with van der Waals surface area (Å²) in [4.78, 5) is 18.6. The maximum atomic E-state index is 12.0. The second-order valence-corrected chi connectivity index (χ2v) is 6.78. The number of halogens is 1. The molecule has 0 saturated carbocycles. The number of hydrogen-bond donors (Lipinski definition) is 0. The zero-order valence-corrected chi connectivity index (χ0v) is 14.2. The Morgan fingerprint density at radius 2 is 1.92 bits per heavy atom. The van der Waals surface area contributed by atoms with E-state index in [2.05, 4.69) is 10.6 Å². The first-order chi connectivity index (χ1) is 11.6. The summed E-state index contributed by atoms with van der Waals surface area (Å²) in [5.74, 6) is 1.32. The van der Waals surface area contributed by atoms with Gasteiger partial charge in [0.2, 0.25) is 5.91 Å². The summed E-state index contributed by atoms with van der Waals surface area (Å²) in [5, 5.41) is 0.734. The molecule has 1 fully saturated rings. The van der Waals surface area contributed by atoms with Crippen LogP contribution in [0.5, 0.6) is 0 Å². The van der Waals surface area contributed by atoms with Gasteiger partial charge in [-0.05, 0) is 29.8 Å². The molecule has 0 spiro atoms. The predicted octanol–water partition coefficient (Wildman–Crippen LogP) is 3.68. The molecule has 0 radical (unpaired) electrons. The molecule has 1 atom stereocenters. The highest BCUT2D eigenvalue weighted by Crippen LogP contribution is 2.30. The molecule has 0 aliphatic carbocycles. The lowest BCUT2D eigenvalue weighted by atomic mass is 10.1. The number of likely N-dealkylation sites (N-methyl/N-ethyl adjacent to an activating group) is 1. The highest BCUT2D eigenvalue weighted by molar-refractivity contribution is 6.30. The molecule has 24 heavy (non-hydrogen) atoms. The zero-order chi connectivity index (χ0) is 16.7. The van der Waals surface area contributed by atoms with Crippen LogP contribution in [-0.4, -0.2) is 34.0 Å². The van der Waals surface area contributed by atoms with Gasteiger partial charge in [0, 0.05) is 37.5 Å². The molecule has 1 amide bonds. The quantitative estimate of drug-likeness (QED) is 0.730. The maximum absolute atomic E-state index is 12.0. The molecule has 1 saturated heterocycles. The van der Waals surface area contributed by atoms with E-state index in [1.807, 2.05) is 49.5 Å². The number of rotatable bonds is 3. The third-order valence-corrected chi connectivity index (χ3v) is 4.90. The van der Waals surface area contributed by atoms with Crippen molar-refractivity contribution in [2.24, 2.45) is 0 Å². The van der Waals surface area contributed by atoms with Crippen molar-refractivity contribution in [2.45, 2.75) is 18.9 Å². The molecule has 4 rings (SSSR count). The van der Waals surface area contributed by atoms with Crippen LogP contribution in [0.15, 0.2) is 48.5 Å². The summed E-state index contributed by atoms with van der Waals surface area (Å²) in [5.41, 5.74) is 3.24. The number of hydrogen-bond acceptors (Lipinski definition) is 2. The number of benzene rings is 2. The van der Waals surface area contributed by atoms with Crippen molar-refractivity contribution in [2.75, 3.05) is 13.6 Å². The largest absolute Gasteiger partial charge is 0.345 e. The van der Waals surface area contributed by atoms with Gasteiger partial charge in [0.05, 0.1) is 11.0 Å². The van der Waals surface area contributed by atoms with E-state index in [0.29, 0.717) is 6.42 Å². The summed E-state index contributed by atoms with van der Waals surface area (Å²) < 4.78 is 2.23. The lowest BCUT2D eigenvalue weighted by Gasteiger charge is -2.14. The van der Waals surface area contributed by atoms with Gasteiger partial charge >= 0.3 is 0 Å². The first-order valence-electron chi connectivity index (χ1n) is 8.05. The van der Waals surface area contributed by atoms with Crippen LogP contribution in [0.4, 0.5) is 0 Å². The van der Waals surface area contributed by atoms with Crippen molar-refractivity contribution < 1.29 is 4.79 Å². The highest BCUT2D eigenvalue weighted by Gasteiger charge is 2.31. The smallest absolute Gasteiger partial charge is 0.223 e. The number of carbonyl (C=O) groups is 1. The van der Waals surface area contributed by atoms with Crippen LogP contribution < -0.4 is 0 Å². The van der Waals surface area contributed by atoms with Crippen LogP contribution in [0.25, 0.3) is 11.0 Å². The molecule has 5 heteroatoms. The fourth-order valence-corrected chi connectivity index (χ4v) is 3.51. The van der Waals surface area contributed by atoms with Crippen LogP contribution in [0, 0.1) is 0 Å². The number of carbonyl (C=O) groups excluding carboxylic acids is 1. The number of para-hydroxylation sites is 2. The topological polar surface area (TPSA) is 38.1 Å². The SMILES string of the molecule is CN1C[C@@H](c2nc3ccccc3n2Cc2ccc(Cl)cc2)CC1=O. The summed E-state index contributed by atoms with van der Waals surface area (Å²) >= 11 is 5.99. The number of fused-ring (bicyclic) bond motifs is 1. The molecule has 0 unspecified atom stereocenters. The predicted molar refractivity (Wildman–Crippen MR) is 95.3 cm³/mol. The lowest BCUT2D eigenvalue weighted by Crippen LogP contribution is -2.19. The molecule has 0 N–H and O–H groups in total. The molecule has 2 aromatic carbocycles. The van der Waals surface area contributed by atoms with Gasteiger partial charge in [0.15, 0.2) is 0 Å². The second kappa shape index (κ2) is 5.95. The van der Waals surface area contributed by atoms with Gasteiger partial charge in [0.1, 0.15) is 5.82 Å². The first-order valence-corrected chi connectivity index (χ1v) is 8.43. The van der Waals surface area contributed by atoms with Gasteiger partial charge in [-0.25, -0.2) is 4.98 Å². The Hall–Kier alpha value is -2.33. The summed E-state index contributed by atoms with van der Waals surface area (Å²) in [6.45, 7) is 1.45. The third-order valence-electron chi connectivity index (χ3n) is 4.64. The van der Waals surface area contributed by atoms with E-state index in [0.717, 1.165) is 35.0 Å². The Labute approximate surface area is 145 Å². The molecule has 122 valence electrons. The van der Waals surface area contributed by atoms with Crippen LogP contribution in [-0.2, 0) is 11.3 Å². The zero-order valence-electron chi connectivity index (χ0n) is 13.4. The average molecular weight is 340 g/mol. The van der Waals surface area contributed by atoms with E-state index >= 15 is 0 Å². The van der Waals surface area contributed by atoms with Crippen LogP contribution in [0.1, 0.15) is 23.7 Å². The van der Waals surface area contributed by atoms with Crippen LogP contribution in [0.3, 0.4) is 0 Å². The van der Waals surface area contributed by atoms with Gasteiger partial charge in [-0.2, -0.15) is 0 Å². The van der Waals surface area contributed by atoms with Crippen molar-refractivity contribution in [3.63, 3.8) is 0 Å². The number of amides is 1. The lowest BCUT2D eigenvalue weighted by molar-refractivity contribution is -0.126. The van der Waals surface area contributed by atoms with E-state index in [1.165, 1.54) is 5.56 Å². The number of aromatic nitrogens is 2. The van der Waals surface area contributed by atoms with Crippen molar-refractivity contribution >= 4 is 28.5 Å². The van der Waals surface area contributed by atoms with E-state index < -0.39 is 0 Å². The Bertz CT molecular complexity index is 901. The van der Waals surface area contributed by atoms with E-state index in [1.54, 1.807) is 4.90 Å². The second-order valence-electron chi connectivity index (χ2n) is 6.35. The summed E-state index contributed by atoms with van der Waals surface area (Å²) in [6.07, 6.45) is 0.528. The summed E-state index contributed by atoms with van der Waals surface area (Å²) in [6, 6.07) is 16.0. The molecule has 3 aromatic rings. The molecule has 0 bridgehead atoms. The van der Waals surface area contributed by atoms with Gasteiger partial charge < -0.3 is 9.47 Å². The fraction of sp³-hybridized carbons (Fsp3) is 0.263. The van der Waals surface area contributed by atoms with Crippen molar-refractivity contribution in [3.05, 3.63) is 64.9 Å².